The van der Waals surface area contributed by atoms with Crippen LogP contribution < -0.4 is 10.1 Å². The number of fused-ring (bicyclic) bond motifs is 1. The number of anilines is 1. The highest BCUT2D eigenvalue weighted by molar-refractivity contribution is 7.22. The van der Waals surface area contributed by atoms with E-state index >= 15 is 0 Å². The predicted octanol–water partition coefficient (Wildman–Crippen LogP) is 5.25. The SMILES string of the molecule is COc1ccc(/C=C/C(=O)Nc2nc3ccc(C(C)(C)C)cc3s2)cc1. The molecule has 0 aliphatic carbocycles. The molecule has 0 fully saturated rings. The molecule has 134 valence electrons. The summed E-state index contributed by atoms with van der Waals surface area (Å²) in [5.41, 5.74) is 3.17. The Morgan fingerprint density at radius 2 is 1.88 bits per heavy atom. The molecule has 0 spiro atoms. The number of hydrogen-bond acceptors (Lipinski definition) is 4. The van der Waals surface area contributed by atoms with Gasteiger partial charge in [-0.1, -0.05) is 50.3 Å². The normalized spacial score (nSPS) is 11.8. The minimum Gasteiger partial charge on any atom is -0.497 e. The standard InChI is InChI=1S/C21H22N2O2S/c1-21(2,3)15-8-11-17-18(13-15)26-20(22-17)23-19(24)12-7-14-5-9-16(25-4)10-6-14/h5-13H,1-4H3,(H,22,23,24)/b12-7+. The molecule has 0 saturated carbocycles. The van der Waals surface area contributed by atoms with Gasteiger partial charge in [0, 0.05) is 6.08 Å². The molecule has 1 amide bonds. The molecular formula is C21H22N2O2S. The van der Waals surface area contributed by atoms with E-state index in [-0.39, 0.29) is 11.3 Å². The van der Waals surface area contributed by atoms with Gasteiger partial charge in [0.05, 0.1) is 17.3 Å². The van der Waals surface area contributed by atoms with Crippen molar-refractivity contribution in [3.63, 3.8) is 0 Å². The second-order valence-corrected chi connectivity index (χ2v) is 8.08. The number of carbonyl (C=O) groups excluding carboxylic acids is 1. The van der Waals surface area contributed by atoms with Crippen molar-refractivity contribution in [3.8, 4) is 5.75 Å². The van der Waals surface area contributed by atoms with Crippen LogP contribution >= 0.6 is 11.3 Å². The molecule has 1 N–H and O–H groups in total. The number of thiazole rings is 1. The zero-order chi connectivity index (χ0) is 18.7. The number of hydrogen-bond donors (Lipinski definition) is 1. The van der Waals surface area contributed by atoms with Crippen LogP contribution in [0.4, 0.5) is 5.13 Å². The van der Waals surface area contributed by atoms with Gasteiger partial charge >= 0.3 is 0 Å². The van der Waals surface area contributed by atoms with E-state index in [1.807, 2.05) is 30.3 Å². The Kier molecular flexibility index (Phi) is 5.09. The van der Waals surface area contributed by atoms with Gasteiger partial charge in [-0.25, -0.2) is 4.98 Å². The van der Waals surface area contributed by atoms with Crippen molar-refractivity contribution in [1.82, 2.24) is 4.98 Å². The molecule has 1 aromatic heterocycles. The van der Waals surface area contributed by atoms with Crippen LogP contribution in [0.15, 0.2) is 48.5 Å². The molecule has 3 aromatic rings. The van der Waals surface area contributed by atoms with Crippen molar-refractivity contribution in [1.29, 1.82) is 0 Å². The lowest BCUT2D eigenvalue weighted by Gasteiger charge is -2.18. The second-order valence-electron chi connectivity index (χ2n) is 7.05. The molecule has 0 atom stereocenters. The number of aromatic nitrogens is 1. The number of nitrogens with one attached hydrogen (secondary N) is 1. The van der Waals surface area contributed by atoms with Gasteiger partial charge in [-0.3, -0.25) is 10.1 Å². The van der Waals surface area contributed by atoms with E-state index in [1.165, 1.54) is 23.0 Å². The molecule has 0 radical (unpaired) electrons. The fourth-order valence-electron chi connectivity index (χ4n) is 2.48. The number of carbonyl (C=O) groups is 1. The fourth-order valence-corrected chi connectivity index (χ4v) is 3.39. The monoisotopic (exact) mass is 366 g/mol. The Morgan fingerprint density at radius 1 is 1.15 bits per heavy atom. The van der Waals surface area contributed by atoms with Crippen LogP contribution in [0.25, 0.3) is 16.3 Å². The smallest absolute Gasteiger partial charge is 0.250 e. The highest BCUT2D eigenvalue weighted by Gasteiger charge is 2.15. The maximum atomic E-state index is 12.2. The molecule has 4 nitrogen and oxygen atoms in total. The topological polar surface area (TPSA) is 51.2 Å². The number of ether oxygens (including phenoxy) is 1. The lowest BCUT2D eigenvalue weighted by molar-refractivity contribution is -0.111. The Hall–Kier alpha value is -2.66. The van der Waals surface area contributed by atoms with Gasteiger partial charge in [0.1, 0.15) is 5.75 Å². The van der Waals surface area contributed by atoms with Gasteiger partial charge in [-0.15, -0.1) is 0 Å². The van der Waals surface area contributed by atoms with Gasteiger partial charge in [-0.05, 0) is 46.9 Å². The first-order valence-electron chi connectivity index (χ1n) is 8.39. The molecule has 0 saturated heterocycles. The van der Waals surface area contributed by atoms with E-state index in [0.717, 1.165) is 21.5 Å². The van der Waals surface area contributed by atoms with Crippen LogP contribution in [0.2, 0.25) is 0 Å². The highest BCUT2D eigenvalue weighted by Crippen LogP contribution is 2.31. The lowest BCUT2D eigenvalue weighted by Crippen LogP contribution is -2.10. The first-order chi connectivity index (χ1) is 12.3. The van der Waals surface area contributed by atoms with Crippen LogP contribution in [0.3, 0.4) is 0 Å². The minimum atomic E-state index is -0.198. The molecule has 0 unspecified atom stereocenters. The highest BCUT2D eigenvalue weighted by atomic mass is 32.1. The molecule has 0 aliphatic heterocycles. The number of rotatable bonds is 4. The quantitative estimate of drug-likeness (QED) is 0.641. The molecule has 2 aromatic carbocycles. The molecule has 0 bridgehead atoms. The number of methoxy groups -OCH3 is 1. The predicted molar refractivity (Wildman–Crippen MR) is 109 cm³/mol. The summed E-state index contributed by atoms with van der Waals surface area (Å²) in [6.45, 7) is 6.55. The molecular weight excluding hydrogens is 344 g/mol. The minimum absolute atomic E-state index is 0.0860. The number of nitrogens with zero attached hydrogens (tertiary/aromatic N) is 1. The number of benzene rings is 2. The fraction of sp³-hybridized carbons (Fsp3) is 0.238. The van der Waals surface area contributed by atoms with Gasteiger partial charge in [0.2, 0.25) is 5.91 Å². The molecule has 5 heteroatoms. The van der Waals surface area contributed by atoms with Gasteiger partial charge < -0.3 is 4.74 Å². The summed E-state index contributed by atoms with van der Waals surface area (Å²) in [6.07, 6.45) is 3.27. The first-order valence-corrected chi connectivity index (χ1v) is 9.21. The van der Waals surface area contributed by atoms with Crippen LogP contribution in [0.1, 0.15) is 31.9 Å². The zero-order valence-corrected chi connectivity index (χ0v) is 16.2. The van der Waals surface area contributed by atoms with Gasteiger partial charge in [0.15, 0.2) is 5.13 Å². The van der Waals surface area contributed by atoms with Crippen molar-refractivity contribution in [2.45, 2.75) is 26.2 Å². The Bertz CT molecular complexity index is 950. The summed E-state index contributed by atoms with van der Waals surface area (Å²) < 4.78 is 6.20. The van der Waals surface area contributed by atoms with Crippen LogP contribution in [-0.4, -0.2) is 18.0 Å². The summed E-state index contributed by atoms with van der Waals surface area (Å²) >= 11 is 1.49. The number of amides is 1. The van der Waals surface area contributed by atoms with Gasteiger partial charge in [0.25, 0.3) is 0 Å². The Balaban J connectivity index is 1.71. The summed E-state index contributed by atoms with van der Waals surface area (Å²) in [5.74, 6) is 0.589. The maximum Gasteiger partial charge on any atom is 0.250 e. The van der Waals surface area contributed by atoms with Crippen LogP contribution in [0.5, 0.6) is 5.75 Å². The van der Waals surface area contributed by atoms with E-state index in [9.17, 15) is 4.79 Å². The molecule has 3 rings (SSSR count). The third-order valence-electron chi connectivity index (χ3n) is 4.03. The first kappa shape index (κ1) is 18.1. The molecule has 0 aliphatic rings. The summed E-state index contributed by atoms with van der Waals surface area (Å²) in [4.78, 5) is 16.6. The maximum absolute atomic E-state index is 12.2. The summed E-state index contributed by atoms with van der Waals surface area (Å²) in [6, 6.07) is 13.8. The second kappa shape index (κ2) is 7.30. The Labute approximate surface area is 157 Å². The van der Waals surface area contributed by atoms with Gasteiger partial charge in [-0.2, -0.15) is 0 Å². The van der Waals surface area contributed by atoms with E-state index in [4.69, 9.17) is 4.74 Å². The van der Waals surface area contributed by atoms with E-state index in [0.29, 0.717) is 5.13 Å². The van der Waals surface area contributed by atoms with Crippen molar-refractivity contribution < 1.29 is 9.53 Å². The molecule has 1 heterocycles. The van der Waals surface area contributed by atoms with E-state index < -0.39 is 0 Å². The van der Waals surface area contributed by atoms with Crippen molar-refractivity contribution in [2.24, 2.45) is 0 Å². The molecule has 26 heavy (non-hydrogen) atoms. The van der Waals surface area contributed by atoms with Crippen molar-refractivity contribution in [3.05, 3.63) is 59.7 Å². The third-order valence-corrected chi connectivity index (χ3v) is 4.96. The Morgan fingerprint density at radius 3 is 2.54 bits per heavy atom. The van der Waals surface area contributed by atoms with E-state index in [2.05, 4.69) is 43.2 Å². The zero-order valence-electron chi connectivity index (χ0n) is 15.4. The van der Waals surface area contributed by atoms with E-state index in [1.54, 1.807) is 13.2 Å². The average Bonchev–Trinajstić information content (AvgIpc) is 3.01. The van der Waals surface area contributed by atoms with Crippen molar-refractivity contribution in [2.75, 3.05) is 12.4 Å². The summed E-state index contributed by atoms with van der Waals surface area (Å²) in [5, 5.41) is 3.45. The lowest BCUT2D eigenvalue weighted by atomic mass is 9.87. The largest absolute Gasteiger partial charge is 0.497 e. The third kappa shape index (κ3) is 4.29. The van der Waals surface area contributed by atoms with Crippen LogP contribution in [-0.2, 0) is 10.2 Å². The van der Waals surface area contributed by atoms with Crippen molar-refractivity contribution >= 4 is 38.7 Å². The summed E-state index contributed by atoms with van der Waals surface area (Å²) in [7, 11) is 1.63. The van der Waals surface area contributed by atoms with Crippen LogP contribution in [0, 0.1) is 0 Å². The average molecular weight is 366 g/mol.